The van der Waals surface area contributed by atoms with Gasteiger partial charge in [0.1, 0.15) is 11.5 Å². The van der Waals surface area contributed by atoms with Crippen molar-refractivity contribution < 1.29 is 9.52 Å². The van der Waals surface area contributed by atoms with Gasteiger partial charge in [-0.05, 0) is 25.0 Å². The van der Waals surface area contributed by atoms with Crippen molar-refractivity contribution >= 4 is 0 Å². The van der Waals surface area contributed by atoms with Gasteiger partial charge < -0.3 is 14.8 Å². The van der Waals surface area contributed by atoms with Crippen LogP contribution in [0.25, 0.3) is 11.3 Å². The van der Waals surface area contributed by atoms with Gasteiger partial charge in [0.25, 0.3) is 0 Å². The van der Waals surface area contributed by atoms with E-state index >= 15 is 0 Å². The van der Waals surface area contributed by atoms with E-state index in [0.29, 0.717) is 13.1 Å². The van der Waals surface area contributed by atoms with Gasteiger partial charge in [0, 0.05) is 12.1 Å². The van der Waals surface area contributed by atoms with Gasteiger partial charge in [-0.3, -0.25) is 0 Å². The van der Waals surface area contributed by atoms with E-state index in [1.54, 1.807) is 0 Å². The first kappa shape index (κ1) is 14.8. The molecular weight excluding hydrogens is 250 g/mol. The van der Waals surface area contributed by atoms with Crippen LogP contribution < -0.4 is 5.32 Å². The Morgan fingerprint density at radius 3 is 2.45 bits per heavy atom. The Bertz CT molecular complexity index is 528. The normalized spacial score (nSPS) is 12.8. The second kappa shape index (κ2) is 6.73. The third-order valence-corrected chi connectivity index (χ3v) is 3.42. The van der Waals surface area contributed by atoms with Crippen LogP contribution in [0.1, 0.15) is 25.2 Å². The number of nitrogens with one attached hydrogen (secondary N) is 1. The zero-order valence-electron chi connectivity index (χ0n) is 12.4. The number of aryl methyl sites for hydroxylation is 1. The fraction of sp³-hybridized carbons (Fsp3) is 0.412. The average molecular weight is 273 g/mol. The van der Waals surface area contributed by atoms with Crippen molar-refractivity contribution in [1.82, 2.24) is 5.32 Å². The summed E-state index contributed by atoms with van der Waals surface area (Å²) in [5.74, 6) is 2.03. The molecule has 1 aromatic heterocycles. The third-order valence-electron chi connectivity index (χ3n) is 3.42. The van der Waals surface area contributed by atoms with Crippen LogP contribution in [0.15, 0.2) is 40.8 Å². The predicted octanol–water partition coefficient (Wildman–Crippen LogP) is 3.36. The van der Waals surface area contributed by atoms with Crippen molar-refractivity contribution in [3.8, 4) is 11.3 Å². The minimum absolute atomic E-state index is 0.266. The Morgan fingerprint density at radius 1 is 1.10 bits per heavy atom. The highest BCUT2D eigenvalue weighted by Gasteiger charge is 2.09. The van der Waals surface area contributed by atoms with Crippen LogP contribution in [0.5, 0.6) is 0 Å². The van der Waals surface area contributed by atoms with Crippen LogP contribution in [0.3, 0.4) is 0 Å². The molecule has 0 amide bonds. The maximum absolute atomic E-state index is 9.72. The Kier molecular flexibility index (Phi) is 4.99. The SMILES string of the molecule is Cc1ccc(-c2ccc(CNCC(O)C(C)C)o2)cc1. The second-order valence-corrected chi connectivity index (χ2v) is 5.57. The maximum atomic E-state index is 9.72. The summed E-state index contributed by atoms with van der Waals surface area (Å²) in [6.45, 7) is 7.30. The summed E-state index contributed by atoms with van der Waals surface area (Å²) in [4.78, 5) is 0. The number of aliphatic hydroxyl groups is 1. The molecule has 3 heteroatoms. The number of benzene rings is 1. The van der Waals surface area contributed by atoms with Crippen molar-refractivity contribution in [2.45, 2.75) is 33.4 Å². The summed E-state index contributed by atoms with van der Waals surface area (Å²) in [7, 11) is 0. The molecule has 3 nitrogen and oxygen atoms in total. The topological polar surface area (TPSA) is 45.4 Å². The molecule has 0 bridgehead atoms. The molecule has 0 saturated heterocycles. The quantitative estimate of drug-likeness (QED) is 0.848. The van der Waals surface area contributed by atoms with Crippen molar-refractivity contribution in [2.75, 3.05) is 6.54 Å². The second-order valence-electron chi connectivity index (χ2n) is 5.57. The number of aliphatic hydroxyl groups excluding tert-OH is 1. The Labute approximate surface area is 120 Å². The summed E-state index contributed by atoms with van der Waals surface area (Å²) in [6, 6.07) is 12.2. The first-order valence-electron chi connectivity index (χ1n) is 7.11. The molecule has 1 aromatic carbocycles. The molecule has 2 aromatic rings. The van der Waals surface area contributed by atoms with Crippen molar-refractivity contribution in [3.63, 3.8) is 0 Å². The molecule has 0 aliphatic carbocycles. The standard InChI is InChI=1S/C17H23NO2/c1-12(2)16(19)11-18-10-15-8-9-17(20-15)14-6-4-13(3)5-7-14/h4-9,12,16,18-19H,10-11H2,1-3H3. The molecule has 2 rings (SSSR count). The molecule has 2 N–H and O–H groups in total. The Morgan fingerprint density at radius 2 is 1.80 bits per heavy atom. The fourth-order valence-corrected chi connectivity index (χ4v) is 1.92. The molecule has 0 radical (unpaired) electrons. The third kappa shape index (κ3) is 3.95. The van der Waals surface area contributed by atoms with E-state index < -0.39 is 0 Å². The zero-order chi connectivity index (χ0) is 14.5. The largest absolute Gasteiger partial charge is 0.460 e. The van der Waals surface area contributed by atoms with Crippen molar-refractivity contribution in [2.24, 2.45) is 5.92 Å². The van der Waals surface area contributed by atoms with E-state index in [-0.39, 0.29) is 12.0 Å². The minimum Gasteiger partial charge on any atom is -0.460 e. The number of rotatable bonds is 6. The van der Waals surface area contributed by atoms with Crippen LogP contribution in [-0.4, -0.2) is 17.8 Å². The highest BCUT2D eigenvalue weighted by atomic mass is 16.3. The number of hydrogen-bond acceptors (Lipinski definition) is 3. The van der Waals surface area contributed by atoms with Crippen LogP contribution in [0.4, 0.5) is 0 Å². The molecule has 108 valence electrons. The van der Waals surface area contributed by atoms with Crippen LogP contribution in [0, 0.1) is 12.8 Å². The highest BCUT2D eigenvalue weighted by molar-refractivity contribution is 5.57. The Balaban J connectivity index is 1.91. The molecule has 0 saturated carbocycles. The molecule has 1 heterocycles. The average Bonchev–Trinajstić information content (AvgIpc) is 2.88. The van der Waals surface area contributed by atoms with Gasteiger partial charge in [0.05, 0.1) is 12.6 Å². The summed E-state index contributed by atoms with van der Waals surface area (Å²) in [5.41, 5.74) is 2.33. The summed E-state index contributed by atoms with van der Waals surface area (Å²) in [5, 5.41) is 12.9. The lowest BCUT2D eigenvalue weighted by Crippen LogP contribution is -2.30. The van der Waals surface area contributed by atoms with E-state index in [2.05, 4.69) is 36.5 Å². The van der Waals surface area contributed by atoms with Gasteiger partial charge >= 0.3 is 0 Å². The molecular formula is C17H23NO2. The van der Waals surface area contributed by atoms with Gasteiger partial charge in [-0.25, -0.2) is 0 Å². The number of hydrogen-bond donors (Lipinski definition) is 2. The minimum atomic E-state index is -0.318. The molecule has 20 heavy (non-hydrogen) atoms. The van der Waals surface area contributed by atoms with E-state index in [4.69, 9.17) is 4.42 Å². The van der Waals surface area contributed by atoms with Crippen molar-refractivity contribution in [3.05, 3.63) is 47.7 Å². The molecule has 0 fully saturated rings. The molecule has 0 aliphatic heterocycles. The zero-order valence-corrected chi connectivity index (χ0v) is 12.4. The fourth-order valence-electron chi connectivity index (χ4n) is 1.92. The van der Waals surface area contributed by atoms with E-state index in [1.807, 2.05) is 26.0 Å². The maximum Gasteiger partial charge on any atom is 0.134 e. The van der Waals surface area contributed by atoms with Gasteiger partial charge in [0.2, 0.25) is 0 Å². The van der Waals surface area contributed by atoms with Crippen LogP contribution >= 0.6 is 0 Å². The summed E-state index contributed by atoms with van der Waals surface area (Å²) in [6.07, 6.45) is -0.318. The predicted molar refractivity (Wildman–Crippen MR) is 81.4 cm³/mol. The first-order valence-corrected chi connectivity index (χ1v) is 7.11. The smallest absolute Gasteiger partial charge is 0.134 e. The van der Waals surface area contributed by atoms with Crippen LogP contribution in [0.2, 0.25) is 0 Å². The molecule has 1 atom stereocenters. The first-order chi connectivity index (χ1) is 9.56. The number of furan rings is 1. The molecule has 0 aliphatic rings. The summed E-state index contributed by atoms with van der Waals surface area (Å²) < 4.78 is 5.81. The Hall–Kier alpha value is -1.58. The highest BCUT2D eigenvalue weighted by Crippen LogP contribution is 2.22. The van der Waals surface area contributed by atoms with E-state index in [0.717, 1.165) is 17.1 Å². The van der Waals surface area contributed by atoms with Gasteiger partial charge in [-0.15, -0.1) is 0 Å². The van der Waals surface area contributed by atoms with E-state index in [9.17, 15) is 5.11 Å². The van der Waals surface area contributed by atoms with Gasteiger partial charge in [-0.2, -0.15) is 0 Å². The van der Waals surface area contributed by atoms with Gasteiger partial charge in [0.15, 0.2) is 0 Å². The molecule has 0 spiro atoms. The monoisotopic (exact) mass is 273 g/mol. The van der Waals surface area contributed by atoms with E-state index in [1.165, 1.54) is 5.56 Å². The summed E-state index contributed by atoms with van der Waals surface area (Å²) >= 11 is 0. The van der Waals surface area contributed by atoms with Gasteiger partial charge in [-0.1, -0.05) is 43.7 Å². The van der Waals surface area contributed by atoms with Crippen LogP contribution in [-0.2, 0) is 6.54 Å². The van der Waals surface area contributed by atoms with Crippen molar-refractivity contribution in [1.29, 1.82) is 0 Å². The lowest BCUT2D eigenvalue weighted by Gasteiger charge is -2.14. The lowest BCUT2D eigenvalue weighted by molar-refractivity contribution is 0.123. The molecule has 1 unspecified atom stereocenters. The lowest BCUT2D eigenvalue weighted by atomic mass is 10.1.